The van der Waals surface area contributed by atoms with Crippen LogP contribution in [0.4, 0.5) is 0 Å². The summed E-state index contributed by atoms with van der Waals surface area (Å²) < 4.78 is 5.03. The van der Waals surface area contributed by atoms with Crippen molar-refractivity contribution in [2.24, 2.45) is 0 Å². The summed E-state index contributed by atoms with van der Waals surface area (Å²) in [7, 11) is 0. The Hall–Kier alpha value is -0.340. The highest BCUT2D eigenvalue weighted by Crippen LogP contribution is 2.25. The van der Waals surface area contributed by atoms with Crippen molar-refractivity contribution in [3.63, 3.8) is 0 Å². The molecule has 52 valence electrons. The van der Waals surface area contributed by atoms with Crippen LogP contribution >= 0.6 is 0 Å². The SMILES string of the molecule is C=CC[C@@H](O)[C@H]1O[C@@H]1C. The number of rotatable bonds is 3. The number of aliphatic hydroxyl groups is 1. The van der Waals surface area contributed by atoms with Crippen molar-refractivity contribution in [1.29, 1.82) is 0 Å². The van der Waals surface area contributed by atoms with E-state index >= 15 is 0 Å². The van der Waals surface area contributed by atoms with Gasteiger partial charge in [-0.2, -0.15) is 0 Å². The molecule has 0 aromatic rings. The van der Waals surface area contributed by atoms with E-state index in [0.717, 1.165) is 0 Å². The first-order valence-corrected chi connectivity index (χ1v) is 3.20. The van der Waals surface area contributed by atoms with E-state index in [1.807, 2.05) is 6.92 Å². The number of ether oxygens (including phenoxy) is 1. The van der Waals surface area contributed by atoms with Crippen LogP contribution in [0.25, 0.3) is 0 Å². The van der Waals surface area contributed by atoms with E-state index in [2.05, 4.69) is 6.58 Å². The maximum atomic E-state index is 9.16. The minimum absolute atomic E-state index is 0.0722. The Morgan fingerprint density at radius 2 is 2.44 bits per heavy atom. The molecule has 0 bridgehead atoms. The minimum atomic E-state index is -0.336. The van der Waals surface area contributed by atoms with Gasteiger partial charge in [0.25, 0.3) is 0 Å². The zero-order chi connectivity index (χ0) is 6.85. The Kier molecular flexibility index (Phi) is 1.88. The van der Waals surface area contributed by atoms with Gasteiger partial charge in [0.15, 0.2) is 0 Å². The fraction of sp³-hybridized carbons (Fsp3) is 0.714. The lowest BCUT2D eigenvalue weighted by Crippen LogP contribution is -2.14. The van der Waals surface area contributed by atoms with Crippen LogP contribution in [-0.4, -0.2) is 23.4 Å². The van der Waals surface area contributed by atoms with Crippen LogP contribution in [0.3, 0.4) is 0 Å². The number of aliphatic hydroxyl groups excluding tert-OH is 1. The fourth-order valence-electron chi connectivity index (χ4n) is 0.911. The minimum Gasteiger partial charge on any atom is -0.390 e. The van der Waals surface area contributed by atoms with Gasteiger partial charge in [0.2, 0.25) is 0 Å². The van der Waals surface area contributed by atoms with Crippen molar-refractivity contribution < 1.29 is 9.84 Å². The Morgan fingerprint density at radius 1 is 1.89 bits per heavy atom. The molecule has 1 rings (SSSR count). The van der Waals surface area contributed by atoms with E-state index in [9.17, 15) is 0 Å². The van der Waals surface area contributed by atoms with Crippen molar-refractivity contribution in [3.8, 4) is 0 Å². The van der Waals surface area contributed by atoms with Crippen LogP contribution in [0.2, 0.25) is 0 Å². The first-order chi connectivity index (χ1) is 4.25. The summed E-state index contributed by atoms with van der Waals surface area (Å²) >= 11 is 0. The standard InChI is InChI=1S/C7H12O2/c1-3-4-6(8)7-5(2)9-7/h3,5-8H,1,4H2,2H3/t5-,6-,7+/m1/s1. The Balaban J connectivity index is 2.18. The van der Waals surface area contributed by atoms with Crippen LogP contribution < -0.4 is 0 Å². The predicted octanol–water partition coefficient (Wildman–Crippen LogP) is 0.711. The first-order valence-electron chi connectivity index (χ1n) is 3.20. The molecule has 0 spiro atoms. The van der Waals surface area contributed by atoms with Crippen LogP contribution in [0.5, 0.6) is 0 Å². The molecule has 1 saturated heterocycles. The van der Waals surface area contributed by atoms with Gasteiger partial charge in [-0.15, -0.1) is 6.58 Å². The summed E-state index contributed by atoms with van der Waals surface area (Å²) in [6, 6.07) is 0. The largest absolute Gasteiger partial charge is 0.390 e. The second-order valence-corrected chi connectivity index (χ2v) is 2.40. The maximum Gasteiger partial charge on any atom is 0.110 e. The summed E-state index contributed by atoms with van der Waals surface area (Å²) in [6.07, 6.45) is 2.33. The molecule has 2 nitrogen and oxygen atoms in total. The molecule has 1 aliphatic heterocycles. The Bertz CT molecular complexity index is 111. The maximum absolute atomic E-state index is 9.16. The third-order valence-corrected chi connectivity index (χ3v) is 1.55. The first kappa shape index (κ1) is 6.78. The van der Waals surface area contributed by atoms with Gasteiger partial charge in [-0.25, -0.2) is 0 Å². The van der Waals surface area contributed by atoms with Crippen LogP contribution in [-0.2, 0) is 4.74 Å². The van der Waals surface area contributed by atoms with Crippen molar-refractivity contribution in [2.75, 3.05) is 0 Å². The van der Waals surface area contributed by atoms with E-state index in [-0.39, 0.29) is 18.3 Å². The average Bonchev–Trinajstić information content (AvgIpc) is 2.47. The van der Waals surface area contributed by atoms with E-state index in [4.69, 9.17) is 9.84 Å². The van der Waals surface area contributed by atoms with Gasteiger partial charge in [-0.05, 0) is 13.3 Å². The highest BCUT2D eigenvalue weighted by molar-refractivity contribution is 4.90. The summed E-state index contributed by atoms with van der Waals surface area (Å²) in [6.45, 7) is 5.48. The molecular formula is C7H12O2. The molecular weight excluding hydrogens is 116 g/mol. The van der Waals surface area contributed by atoms with E-state index in [0.29, 0.717) is 6.42 Å². The molecule has 0 amide bonds. The van der Waals surface area contributed by atoms with Crippen LogP contribution in [0.1, 0.15) is 13.3 Å². The predicted molar refractivity (Wildman–Crippen MR) is 35.2 cm³/mol. The third-order valence-electron chi connectivity index (χ3n) is 1.55. The van der Waals surface area contributed by atoms with Crippen molar-refractivity contribution in [2.45, 2.75) is 31.7 Å². The summed E-state index contributed by atoms with van der Waals surface area (Å²) in [5, 5.41) is 9.16. The summed E-state index contributed by atoms with van der Waals surface area (Å²) in [4.78, 5) is 0. The monoisotopic (exact) mass is 128 g/mol. The number of hydrogen-bond acceptors (Lipinski definition) is 2. The molecule has 1 N–H and O–H groups in total. The van der Waals surface area contributed by atoms with Gasteiger partial charge in [0.05, 0.1) is 12.2 Å². The number of hydrogen-bond donors (Lipinski definition) is 1. The Morgan fingerprint density at radius 3 is 2.78 bits per heavy atom. The lowest BCUT2D eigenvalue weighted by Gasteiger charge is -2.00. The van der Waals surface area contributed by atoms with E-state index in [1.165, 1.54) is 0 Å². The third kappa shape index (κ3) is 1.53. The van der Waals surface area contributed by atoms with Crippen molar-refractivity contribution in [3.05, 3.63) is 12.7 Å². The van der Waals surface area contributed by atoms with Gasteiger partial charge < -0.3 is 9.84 Å². The molecule has 0 unspecified atom stereocenters. The number of epoxide rings is 1. The fourth-order valence-corrected chi connectivity index (χ4v) is 0.911. The molecule has 0 aromatic heterocycles. The highest BCUT2D eigenvalue weighted by Gasteiger charge is 2.39. The molecule has 9 heavy (non-hydrogen) atoms. The summed E-state index contributed by atoms with van der Waals surface area (Å²) in [5.74, 6) is 0. The second kappa shape index (κ2) is 2.50. The lowest BCUT2D eigenvalue weighted by molar-refractivity contribution is 0.138. The molecule has 1 fully saturated rings. The lowest BCUT2D eigenvalue weighted by atomic mass is 10.1. The zero-order valence-corrected chi connectivity index (χ0v) is 5.58. The van der Waals surface area contributed by atoms with Gasteiger partial charge in [0, 0.05) is 0 Å². The molecule has 3 atom stereocenters. The van der Waals surface area contributed by atoms with Crippen molar-refractivity contribution >= 4 is 0 Å². The van der Waals surface area contributed by atoms with Crippen LogP contribution in [0.15, 0.2) is 12.7 Å². The van der Waals surface area contributed by atoms with Gasteiger partial charge in [0.1, 0.15) is 6.10 Å². The topological polar surface area (TPSA) is 32.8 Å². The Labute approximate surface area is 55.1 Å². The summed E-state index contributed by atoms with van der Waals surface area (Å²) in [5.41, 5.74) is 0. The van der Waals surface area contributed by atoms with E-state index in [1.54, 1.807) is 6.08 Å². The van der Waals surface area contributed by atoms with Gasteiger partial charge in [-0.1, -0.05) is 6.08 Å². The van der Waals surface area contributed by atoms with Gasteiger partial charge >= 0.3 is 0 Å². The van der Waals surface area contributed by atoms with Crippen molar-refractivity contribution in [1.82, 2.24) is 0 Å². The molecule has 1 aliphatic rings. The molecule has 2 heteroatoms. The highest BCUT2D eigenvalue weighted by atomic mass is 16.6. The van der Waals surface area contributed by atoms with E-state index < -0.39 is 0 Å². The molecule has 1 heterocycles. The molecule has 0 aliphatic carbocycles. The van der Waals surface area contributed by atoms with Gasteiger partial charge in [-0.3, -0.25) is 0 Å². The molecule has 0 radical (unpaired) electrons. The smallest absolute Gasteiger partial charge is 0.110 e. The molecule has 0 aromatic carbocycles. The zero-order valence-electron chi connectivity index (χ0n) is 5.58. The second-order valence-electron chi connectivity index (χ2n) is 2.40. The molecule has 0 saturated carbocycles. The quantitative estimate of drug-likeness (QED) is 0.448. The normalized spacial score (nSPS) is 35.8. The average molecular weight is 128 g/mol. The van der Waals surface area contributed by atoms with Crippen LogP contribution in [0, 0.1) is 0 Å².